The van der Waals surface area contributed by atoms with Crippen molar-refractivity contribution in [1.82, 2.24) is 14.7 Å². The maximum absolute atomic E-state index is 13.0. The topological polar surface area (TPSA) is 87.0 Å². The summed E-state index contributed by atoms with van der Waals surface area (Å²) in [6, 6.07) is -0.359. The molecule has 2 saturated heterocycles. The Morgan fingerprint density at radius 3 is 2.20 bits per heavy atom. The molecule has 0 atom stereocenters. The van der Waals surface area contributed by atoms with E-state index < -0.39 is 11.4 Å². The molecule has 7 nitrogen and oxygen atoms in total. The summed E-state index contributed by atoms with van der Waals surface area (Å²) in [6.07, 6.45) is 2.08. The Balaban J connectivity index is 2.20. The van der Waals surface area contributed by atoms with Crippen molar-refractivity contribution in [3.63, 3.8) is 0 Å². The molecule has 2 N–H and O–H groups in total. The number of nitrogens with two attached hydrogens (primary N) is 1. The normalized spacial score (nSPS) is 21.2. The van der Waals surface area contributed by atoms with Crippen molar-refractivity contribution < 1.29 is 14.4 Å². The lowest BCUT2D eigenvalue weighted by Crippen LogP contribution is -2.57. The van der Waals surface area contributed by atoms with Gasteiger partial charge in [0.1, 0.15) is 12.1 Å². The highest BCUT2D eigenvalue weighted by atomic mass is 16.2. The number of likely N-dealkylation sites (tertiary alicyclic amines) is 1. The van der Waals surface area contributed by atoms with Crippen LogP contribution in [0.5, 0.6) is 0 Å². The Labute approximate surface area is 150 Å². The minimum Gasteiger partial charge on any atom is -0.368 e. The van der Waals surface area contributed by atoms with E-state index in [9.17, 15) is 14.4 Å². The number of imide groups is 1. The van der Waals surface area contributed by atoms with Crippen LogP contribution in [0.2, 0.25) is 0 Å². The molecule has 2 aliphatic heterocycles. The van der Waals surface area contributed by atoms with Gasteiger partial charge >= 0.3 is 6.03 Å². The second kappa shape index (κ2) is 7.72. The Bertz CT molecular complexity index is 524. The molecule has 0 aromatic rings. The number of carbonyl (C=O) groups excluding carboxylic acids is 3. The number of rotatable bonds is 7. The van der Waals surface area contributed by atoms with E-state index in [1.54, 1.807) is 4.90 Å². The van der Waals surface area contributed by atoms with E-state index in [-0.39, 0.29) is 18.5 Å². The van der Waals surface area contributed by atoms with Crippen LogP contribution in [0.25, 0.3) is 0 Å². The maximum atomic E-state index is 13.0. The number of nitrogens with zero attached hydrogens (tertiary/aromatic N) is 3. The van der Waals surface area contributed by atoms with E-state index in [0.717, 1.165) is 31.0 Å². The van der Waals surface area contributed by atoms with Gasteiger partial charge in [-0.15, -0.1) is 0 Å². The molecule has 0 aliphatic carbocycles. The largest absolute Gasteiger partial charge is 0.368 e. The molecule has 0 radical (unpaired) electrons. The lowest BCUT2D eigenvalue weighted by molar-refractivity contribution is -0.137. The monoisotopic (exact) mass is 352 g/mol. The fourth-order valence-electron chi connectivity index (χ4n) is 3.88. The van der Waals surface area contributed by atoms with E-state index >= 15 is 0 Å². The van der Waals surface area contributed by atoms with Gasteiger partial charge in [-0.25, -0.2) is 4.79 Å². The molecule has 7 heteroatoms. The Morgan fingerprint density at radius 2 is 1.72 bits per heavy atom. The molecule has 1 spiro atoms. The average molecular weight is 352 g/mol. The standard InChI is InChI=1S/C18H32N4O3/c1-13(2)5-8-22-17(25)21(12-15(19)23)16(24)18(22)6-9-20(10-7-18)11-14(3)4/h13-14H,5-12H2,1-4H3,(H2,19,23). The summed E-state index contributed by atoms with van der Waals surface area (Å²) >= 11 is 0. The molecule has 4 amide bonds. The number of carbonyl (C=O) groups is 3. The first-order valence-corrected chi connectivity index (χ1v) is 9.31. The second-order valence-electron chi connectivity index (χ2n) is 8.20. The lowest BCUT2D eigenvalue weighted by Gasteiger charge is -2.42. The first kappa shape index (κ1) is 19.7. The predicted molar refractivity (Wildman–Crippen MR) is 95.7 cm³/mol. The number of primary amides is 1. The van der Waals surface area contributed by atoms with Crippen molar-refractivity contribution in [2.24, 2.45) is 17.6 Å². The predicted octanol–water partition coefficient (Wildman–Crippen LogP) is 1.27. The third kappa shape index (κ3) is 4.14. The second-order valence-corrected chi connectivity index (χ2v) is 8.20. The maximum Gasteiger partial charge on any atom is 0.328 e. The SMILES string of the molecule is CC(C)CCN1C(=O)N(CC(N)=O)C(=O)C12CCN(CC(C)C)CC2. The van der Waals surface area contributed by atoms with Gasteiger partial charge < -0.3 is 15.5 Å². The first-order valence-electron chi connectivity index (χ1n) is 9.31. The van der Waals surface area contributed by atoms with Gasteiger partial charge in [-0.2, -0.15) is 0 Å². The number of amides is 4. The smallest absolute Gasteiger partial charge is 0.328 e. The summed E-state index contributed by atoms with van der Waals surface area (Å²) in [4.78, 5) is 42.3. The van der Waals surface area contributed by atoms with Gasteiger partial charge in [0.25, 0.3) is 5.91 Å². The van der Waals surface area contributed by atoms with Gasteiger partial charge in [0.2, 0.25) is 5.91 Å². The van der Waals surface area contributed by atoms with E-state index in [1.165, 1.54) is 0 Å². The van der Waals surface area contributed by atoms with Crippen molar-refractivity contribution >= 4 is 17.8 Å². The van der Waals surface area contributed by atoms with Crippen molar-refractivity contribution in [2.75, 3.05) is 32.7 Å². The van der Waals surface area contributed by atoms with Gasteiger partial charge in [0, 0.05) is 26.2 Å². The van der Waals surface area contributed by atoms with Crippen LogP contribution in [0.1, 0.15) is 47.0 Å². The quantitative estimate of drug-likeness (QED) is 0.699. The number of hydrogen-bond acceptors (Lipinski definition) is 4. The van der Waals surface area contributed by atoms with Crippen LogP contribution < -0.4 is 5.73 Å². The molecular formula is C18H32N4O3. The van der Waals surface area contributed by atoms with Gasteiger partial charge in [-0.1, -0.05) is 27.7 Å². The van der Waals surface area contributed by atoms with Crippen LogP contribution in [0, 0.1) is 11.8 Å². The summed E-state index contributed by atoms with van der Waals surface area (Å²) in [6.45, 7) is 11.4. The van der Waals surface area contributed by atoms with Crippen molar-refractivity contribution in [3.05, 3.63) is 0 Å². The summed E-state index contributed by atoms with van der Waals surface area (Å²) in [5.74, 6) is 0.105. The molecule has 0 bridgehead atoms. The first-order chi connectivity index (χ1) is 11.7. The zero-order chi connectivity index (χ0) is 18.8. The van der Waals surface area contributed by atoms with Gasteiger partial charge in [0.15, 0.2) is 0 Å². The minimum absolute atomic E-state index is 0.246. The fourth-order valence-corrected chi connectivity index (χ4v) is 3.88. The average Bonchev–Trinajstić information content (AvgIpc) is 2.69. The minimum atomic E-state index is -0.797. The number of piperidine rings is 1. The zero-order valence-electron chi connectivity index (χ0n) is 16.0. The molecular weight excluding hydrogens is 320 g/mol. The molecule has 0 unspecified atom stereocenters. The molecule has 2 aliphatic rings. The highest BCUT2D eigenvalue weighted by molar-refractivity contribution is 6.09. The lowest BCUT2D eigenvalue weighted by atomic mass is 9.85. The van der Waals surface area contributed by atoms with Crippen LogP contribution in [-0.4, -0.2) is 70.8 Å². The highest BCUT2D eigenvalue weighted by Crippen LogP contribution is 2.37. The van der Waals surface area contributed by atoms with Crippen LogP contribution in [0.3, 0.4) is 0 Å². The van der Waals surface area contributed by atoms with Crippen LogP contribution in [-0.2, 0) is 9.59 Å². The number of hydrogen-bond donors (Lipinski definition) is 1. The van der Waals surface area contributed by atoms with Crippen LogP contribution in [0.4, 0.5) is 4.79 Å². The third-order valence-electron chi connectivity index (χ3n) is 5.17. The molecule has 2 rings (SSSR count). The van der Waals surface area contributed by atoms with E-state index in [1.807, 2.05) is 0 Å². The molecule has 0 aromatic carbocycles. The summed E-state index contributed by atoms with van der Waals surface area (Å²) in [5, 5.41) is 0. The van der Waals surface area contributed by atoms with Crippen molar-refractivity contribution in [2.45, 2.75) is 52.5 Å². The van der Waals surface area contributed by atoms with Crippen LogP contribution >= 0.6 is 0 Å². The fraction of sp³-hybridized carbons (Fsp3) is 0.833. The molecule has 0 saturated carbocycles. The molecule has 2 fully saturated rings. The molecule has 2 heterocycles. The van der Waals surface area contributed by atoms with Crippen molar-refractivity contribution in [1.29, 1.82) is 0 Å². The Kier molecular flexibility index (Phi) is 6.08. The molecule has 0 aromatic heterocycles. The van der Waals surface area contributed by atoms with E-state index in [0.29, 0.717) is 31.2 Å². The summed E-state index contributed by atoms with van der Waals surface area (Å²) in [7, 11) is 0. The van der Waals surface area contributed by atoms with Gasteiger partial charge in [-0.3, -0.25) is 14.5 Å². The molecule has 142 valence electrons. The van der Waals surface area contributed by atoms with Gasteiger partial charge in [0.05, 0.1) is 0 Å². The van der Waals surface area contributed by atoms with Crippen molar-refractivity contribution in [3.8, 4) is 0 Å². The van der Waals surface area contributed by atoms with E-state index in [2.05, 4.69) is 32.6 Å². The van der Waals surface area contributed by atoms with Gasteiger partial charge in [-0.05, 0) is 31.1 Å². The Hall–Kier alpha value is -1.63. The molecule has 25 heavy (non-hydrogen) atoms. The Morgan fingerprint density at radius 1 is 1.12 bits per heavy atom. The number of urea groups is 1. The zero-order valence-corrected chi connectivity index (χ0v) is 16.0. The highest BCUT2D eigenvalue weighted by Gasteiger charge is 2.57. The van der Waals surface area contributed by atoms with Crippen LogP contribution in [0.15, 0.2) is 0 Å². The van der Waals surface area contributed by atoms with E-state index in [4.69, 9.17) is 5.73 Å². The summed E-state index contributed by atoms with van der Waals surface area (Å²) in [5.41, 5.74) is 4.45. The third-order valence-corrected chi connectivity index (χ3v) is 5.17. The summed E-state index contributed by atoms with van der Waals surface area (Å²) < 4.78 is 0.